The van der Waals surface area contributed by atoms with Crippen molar-refractivity contribution >= 4 is 29.4 Å². The Hall–Kier alpha value is -4.70. The Kier molecular flexibility index (Phi) is 6.00. The van der Waals surface area contributed by atoms with Crippen LogP contribution in [0.4, 0.5) is 0 Å². The fourth-order valence-electron chi connectivity index (χ4n) is 3.49. The Morgan fingerprint density at radius 1 is 0.939 bits per heavy atom. The van der Waals surface area contributed by atoms with Crippen molar-refractivity contribution in [3.63, 3.8) is 0 Å². The molecule has 33 heavy (non-hydrogen) atoms. The van der Waals surface area contributed by atoms with E-state index in [1.54, 1.807) is 42.5 Å². The summed E-state index contributed by atoms with van der Waals surface area (Å²) in [6, 6.07) is 22.6. The molecular formula is C26H18N2O5. The number of hydrogen-bond acceptors (Lipinski definition) is 6. The molecule has 0 atom stereocenters. The molecule has 7 heteroatoms. The topological polar surface area (TPSA) is 96.7 Å². The van der Waals surface area contributed by atoms with Crippen LogP contribution >= 0.6 is 0 Å². The van der Waals surface area contributed by atoms with E-state index in [-0.39, 0.29) is 22.6 Å². The van der Waals surface area contributed by atoms with Gasteiger partial charge in [-0.25, -0.2) is 4.79 Å². The molecule has 0 unspecified atom stereocenters. The minimum atomic E-state index is -0.784. The zero-order valence-corrected chi connectivity index (χ0v) is 17.6. The third-order valence-corrected chi connectivity index (χ3v) is 5.09. The van der Waals surface area contributed by atoms with E-state index in [9.17, 15) is 19.6 Å². The first-order chi connectivity index (χ1) is 16.0. The molecule has 1 aliphatic heterocycles. The van der Waals surface area contributed by atoms with Crippen LogP contribution in [0.5, 0.6) is 11.5 Å². The number of nitrogens with zero attached hydrogens (tertiary/aromatic N) is 2. The van der Waals surface area contributed by atoms with Gasteiger partial charge in [0, 0.05) is 0 Å². The molecule has 0 spiro atoms. The van der Waals surface area contributed by atoms with Gasteiger partial charge in [0.1, 0.15) is 6.54 Å². The van der Waals surface area contributed by atoms with Crippen molar-refractivity contribution in [2.24, 2.45) is 0 Å². The van der Waals surface area contributed by atoms with E-state index in [2.05, 4.69) is 6.07 Å². The lowest BCUT2D eigenvalue weighted by Crippen LogP contribution is -2.36. The monoisotopic (exact) mass is 438 g/mol. The smallest absolute Gasteiger partial charge is 0.331 e. The van der Waals surface area contributed by atoms with Gasteiger partial charge < -0.3 is 9.47 Å². The van der Waals surface area contributed by atoms with Crippen molar-refractivity contribution in [2.45, 2.75) is 0 Å². The molecule has 0 bridgehead atoms. The van der Waals surface area contributed by atoms with Gasteiger partial charge in [0.2, 0.25) is 0 Å². The molecule has 3 aromatic carbocycles. The third kappa shape index (κ3) is 4.36. The number of rotatable bonds is 6. The number of nitriles is 1. The molecule has 162 valence electrons. The van der Waals surface area contributed by atoms with E-state index in [1.807, 2.05) is 30.3 Å². The molecule has 2 amide bonds. The van der Waals surface area contributed by atoms with Crippen molar-refractivity contribution in [2.75, 3.05) is 13.7 Å². The zero-order valence-electron chi connectivity index (χ0n) is 17.6. The molecule has 0 saturated heterocycles. The predicted octanol–water partition coefficient (Wildman–Crippen LogP) is 3.96. The summed E-state index contributed by atoms with van der Waals surface area (Å²) in [7, 11) is 1.42. The first-order valence-corrected chi connectivity index (χ1v) is 10.0. The molecule has 0 aliphatic carbocycles. The maximum Gasteiger partial charge on any atom is 0.331 e. The van der Waals surface area contributed by atoms with Gasteiger partial charge in [-0.1, -0.05) is 48.5 Å². The Morgan fingerprint density at radius 3 is 2.18 bits per heavy atom. The highest BCUT2D eigenvalue weighted by Gasteiger charge is 2.36. The van der Waals surface area contributed by atoms with Crippen LogP contribution < -0.4 is 9.47 Å². The maximum atomic E-state index is 12.5. The number of fused-ring (bicyclic) bond motifs is 1. The summed E-state index contributed by atoms with van der Waals surface area (Å²) in [4.78, 5) is 38.3. The second-order valence-corrected chi connectivity index (χ2v) is 7.16. The number of ether oxygens (including phenoxy) is 2. The van der Waals surface area contributed by atoms with Gasteiger partial charge in [0.05, 0.1) is 29.9 Å². The summed E-state index contributed by atoms with van der Waals surface area (Å²) >= 11 is 0. The summed E-state index contributed by atoms with van der Waals surface area (Å²) in [6.45, 7) is -0.524. The predicted molar refractivity (Wildman–Crippen MR) is 120 cm³/mol. The van der Waals surface area contributed by atoms with Crippen molar-refractivity contribution in [1.29, 1.82) is 5.26 Å². The van der Waals surface area contributed by atoms with Crippen molar-refractivity contribution in [1.82, 2.24) is 4.90 Å². The van der Waals surface area contributed by atoms with Gasteiger partial charge >= 0.3 is 5.97 Å². The fraction of sp³-hybridized carbons (Fsp3) is 0.0769. The standard InChI is InChI=1S/C26H18N2O5/c1-32-23-14-17(13-19(15-27)18-7-3-2-4-8-18)11-12-22(23)33-24(29)16-28-25(30)20-9-5-6-10-21(20)26(28)31/h2-14H,16H2,1H3. The van der Waals surface area contributed by atoms with Crippen LogP contribution in [-0.2, 0) is 4.79 Å². The van der Waals surface area contributed by atoms with E-state index >= 15 is 0 Å². The van der Waals surface area contributed by atoms with Crippen LogP contribution in [0.25, 0.3) is 11.6 Å². The number of benzene rings is 3. The van der Waals surface area contributed by atoms with Gasteiger partial charge in [-0.05, 0) is 41.5 Å². The average Bonchev–Trinajstić information content (AvgIpc) is 3.08. The quantitative estimate of drug-likeness (QED) is 0.190. The second-order valence-electron chi connectivity index (χ2n) is 7.16. The van der Waals surface area contributed by atoms with Crippen LogP contribution in [0, 0.1) is 11.3 Å². The van der Waals surface area contributed by atoms with Gasteiger partial charge in [-0.3, -0.25) is 14.5 Å². The highest BCUT2D eigenvalue weighted by Crippen LogP contribution is 2.30. The number of carbonyl (C=O) groups is 3. The number of hydrogen-bond donors (Lipinski definition) is 0. The van der Waals surface area contributed by atoms with Gasteiger partial charge in [-0.2, -0.15) is 5.26 Å². The van der Waals surface area contributed by atoms with Crippen LogP contribution in [0.2, 0.25) is 0 Å². The molecule has 1 aliphatic rings. The highest BCUT2D eigenvalue weighted by atomic mass is 16.6. The molecule has 0 fully saturated rings. The van der Waals surface area contributed by atoms with Crippen LogP contribution in [0.3, 0.4) is 0 Å². The Morgan fingerprint density at radius 2 is 1.58 bits per heavy atom. The number of methoxy groups -OCH3 is 1. The van der Waals surface area contributed by atoms with Gasteiger partial charge in [-0.15, -0.1) is 0 Å². The molecule has 0 saturated carbocycles. The Bertz CT molecular complexity index is 1290. The SMILES string of the molecule is COc1cc(C=C(C#N)c2ccccc2)ccc1OC(=O)CN1C(=O)c2ccccc2C1=O. The van der Waals surface area contributed by atoms with E-state index in [0.29, 0.717) is 11.1 Å². The number of allylic oxidation sites excluding steroid dienone is 1. The van der Waals surface area contributed by atoms with E-state index in [1.165, 1.54) is 13.2 Å². The Balaban J connectivity index is 1.51. The summed E-state index contributed by atoms with van der Waals surface area (Å²) in [5.41, 5.74) is 2.43. The van der Waals surface area contributed by atoms with Crippen molar-refractivity contribution < 1.29 is 23.9 Å². The first kappa shape index (κ1) is 21.5. The molecule has 3 aromatic rings. The second kappa shape index (κ2) is 9.20. The van der Waals surface area contributed by atoms with Gasteiger partial charge in [0.15, 0.2) is 11.5 Å². The van der Waals surface area contributed by atoms with Gasteiger partial charge in [0.25, 0.3) is 11.8 Å². The minimum absolute atomic E-state index is 0.134. The summed E-state index contributed by atoms with van der Waals surface area (Å²) in [5, 5.41) is 9.51. The molecule has 0 aromatic heterocycles. The summed E-state index contributed by atoms with van der Waals surface area (Å²) in [6.07, 6.45) is 1.70. The van der Waals surface area contributed by atoms with Crippen LogP contribution in [-0.4, -0.2) is 36.3 Å². The summed E-state index contributed by atoms with van der Waals surface area (Å²) < 4.78 is 10.7. The fourth-order valence-corrected chi connectivity index (χ4v) is 3.49. The molecular weight excluding hydrogens is 420 g/mol. The number of carbonyl (C=O) groups excluding carboxylic acids is 3. The van der Waals surface area contributed by atoms with Crippen molar-refractivity contribution in [3.05, 3.63) is 95.1 Å². The van der Waals surface area contributed by atoms with Crippen molar-refractivity contribution in [3.8, 4) is 17.6 Å². The third-order valence-electron chi connectivity index (χ3n) is 5.09. The molecule has 1 heterocycles. The lowest BCUT2D eigenvalue weighted by atomic mass is 10.0. The average molecular weight is 438 g/mol. The lowest BCUT2D eigenvalue weighted by Gasteiger charge is -2.14. The first-order valence-electron chi connectivity index (χ1n) is 10.0. The molecule has 4 rings (SSSR count). The maximum absolute atomic E-state index is 12.5. The molecule has 0 N–H and O–H groups in total. The zero-order chi connectivity index (χ0) is 23.4. The minimum Gasteiger partial charge on any atom is -0.493 e. The van der Waals surface area contributed by atoms with Crippen LogP contribution in [0.1, 0.15) is 31.8 Å². The lowest BCUT2D eigenvalue weighted by molar-refractivity contribution is -0.134. The largest absolute Gasteiger partial charge is 0.493 e. The van der Waals surface area contributed by atoms with E-state index in [0.717, 1.165) is 10.5 Å². The summed E-state index contributed by atoms with van der Waals surface area (Å²) in [5.74, 6) is -1.46. The number of esters is 1. The van der Waals surface area contributed by atoms with E-state index < -0.39 is 24.3 Å². The highest BCUT2D eigenvalue weighted by molar-refractivity contribution is 6.22. The normalized spacial score (nSPS) is 12.8. The molecule has 7 nitrogen and oxygen atoms in total. The molecule has 0 radical (unpaired) electrons. The number of imide groups is 1. The van der Waals surface area contributed by atoms with Crippen LogP contribution in [0.15, 0.2) is 72.8 Å². The van der Waals surface area contributed by atoms with E-state index in [4.69, 9.17) is 9.47 Å². The Labute approximate surface area is 190 Å². The number of amides is 2.